The van der Waals surface area contributed by atoms with Gasteiger partial charge in [0.15, 0.2) is 0 Å². The number of hydrogen-bond acceptors (Lipinski definition) is 8. The molecule has 0 unspecified atom stereocenters. The summed E-state index contributed by atoms with van der Waals surface area (Å²) in [6.07, 6.45) is 2.96. The van der Waals surface area contributed by atoms with Gasteiger partial charge in [-0.05, 0) is 39.7 Å². The van der Waals surface area contributed by atoms with E-state index in [1.165, 1.54) is 11.3 Å². The van der Waals surface area contributed by atoms with Crippen molar-refractivity contribution in [1.29, 1.82) is 0 Å². The molecule has 0 atom stereocenters. The summed E-state index contributed by atoms with van der Waals surface area (Å²) in [6, 6.07) is 0. The Bertz CT molecular complexity index is 897. The van der Waals surface area contributed by atoms with E-state index in [4.69, 9.17) is 22.1 Å². The SMILES string of the molecule is CC(C)(C)OC(=O)N1CCC(c2nc(/C=C3/SC(=S)N(CC(=O)O)C3=O)cs2)CC1. The number of nitrogens with zero attached hydrogens (tertiary/aromatic N) is 3. The van der Waals surface area contributed by atoms with Crippen LogP contribution in [0.1, 0.15) is 50.2 Å². The number of carboxylic acids is 1. The van der Waals surface area contributed by atoms with Crippen LogP contribution in [0.2, 0.25) is 0 Å². The number of hydrogen-bond donors (Lipinski definition) is 1. The number of thioether (sulfide) groups is 1. The third-order valence-electron chi connectivity index (χ3n) is 4.48. The van der Waals surface area contributed by atoms with Crippen LogP contribution in [-0.2, 0) is 14.3 Å². The standard InChI is InChI=1S/C19H23N3O5S3/c1-19(2,3)27-17(26)21-6-4-11(5-7-21)15-20-12(10-29-15)8-13-16(25)22(9-14(23)24)18(28)30-13/h8,10-11H,4-7,9H2,1-3H3,(H,23,24)/b13-8+. The summed E-state index contributed by atoms with van der Waals surface area (Å²) in [5.41, 5.74) is 0.143. The van der Waals surface area contributed by atoms with E-state index < -0.39 is 24.0 Å². The fourth-order valence-electron chi connectivity index (χ4n) is 3.10. The third-order valence-corrected chi connectivity index (χ3v) is 6.88. The second-order valence-corrected chi connectivity index (χ2v) is 10.6. The summed E-state index contributed by atoms with van der Waals surface area (Å²) in [5.74, 6) is -1.27. The molecular weight excluding hydrogens is 446 g/mol. The monoisotopic (exact) mass is 469 g/mol. The van der Waals surface area contributed by atoms with Crippen LogP contribution in [-0.4, -0.2) is 67.4 Å². The van der Waals surface area contributed by atoms with Crippen molar-refractivity contribution < 1.29 is 24.2 Å². The predicted octanol–water partition coefficient (Wildman–Crippen LogP) is 3.54. The maximum Gasteiger partial charge on any atom is 0.410 e. The zero-order valence-electron chi connectivity index (χ0n) is 16.9. The van der Waals surface area contributed by atoms with Crippen LogP contribution in [0, 0.1) is 0 Å². The van der Waals surface area contributed by atoms with E-state index in [2.05, 4.69) is 4.98 Å². The highest BCUT2D eigenvalue weighted by Crippen LogP contribution is 2.34. The minimum absolute atomic E-state index is 0.235. The van der Waals surface area contributed by atoms with Crippen molar-refractivity contribution in [1.82, 2.24) is 14.8 Å². The topological polar surface area (TPSA) is 100 Å². The van der Waals surface area contributed by atoms with Gasteiger partial charge >= 0.3 is 12.1 Å². The number of carboxylic acid groups (broad SMARTS) is 1. The van der Waals surface area contributed by atoms with E-state index in [-0.39, 0.29) is 16.3 Å². The lowest BCUT2D eigenvalue weighted by Crippen LogP contribution is -2.41. The summed E-state index contributed by atoms with van der Waals surface area (Å²) in [4.78, 5) is 43.3. The highest BCUT2D eigenvalue weighted by atomic mass is 32.2. The third kappa shape index (κ3) is 5.58. The van der Waals surface area contributed by atoms with Gasteiger partial charge in [-0.15, -0.1) is 11.3 Å². The van der Waals surface area contributed by atoms with E-state index in [1.54, 1.807) is 11.0 Å². The molecule has 2 amide bonds. The first kappa shape index (κ1) is 22.7. The number of likely N-dealkylation sites (tertiary alicyclic amines) is 1. The van der Waals surface area contributed by atoms with Gasteiger partial charge in [0.25, 0.3) is 5.91 Å². The lowest BCUT2D eigenvalue weighted by molar-refractivity contribution is -0.140. The van der Waals surface area contributed by atoms with Crippen molar-refractivity contribution in [3.8, 4) is 0 Å². The van der Waals surface area contributed by atoms with E-state index >= 15 is 0 Å². The molecule has 2 aliphatic heterocycles. The first-order chi connectivity index (χ1) is 14.0. The molecule has 3 rings (SSSR count). The number of amides is 2. The Hall–Kier alpha value is -1.98. The fourth-order valence-corrected chi connectivity index (χ4v) is 5.28. The van der Waals surface area contributed by atoms with E-state index in [9.17, 15) is 14.4 Å². The second-order valence-electron chi connectivity index (χ2n) is 8.01. The zero-order chi connectivity index (χ0) is 22.1. The summed E-state index contributed by atoms with van der Waals surface area (Å²) >= 11 is 7.71. The van der Waals surface area contributed by atoms with Gasteiger partial charge < -0.3 is 14.7 Å². The van der Waals surface area contributed by atoms with Gasteiger partial charge in [-0.3, -0.25) is 14.5 Å². The number of rotatable bonds is 4. The molecule has 8 nitrogen and oxygen atoms in total. The van der Waals surface area contributed by atoms with Crippen LogP contribution < -0.4 is 0 Å². The van der Waals surface area contributed by atoms with Crippen molar-refractivity contribution in [2.75, 3.05) is 19.6 Å². The van der Waals surface area contributed by atoms with Crippen molar-refractivity contribution in [3.63, 3.8) is 0 Å². The van der Waals surface area contributed by atoms with Crippen molar-refractivity contribution >= 4 is 63.7 Å². The molecule has 1 aromatic heterocycles. The van der Waals surface area contributed by atoms with Crippen LogP contribution in [0.4, 0.5) is 4.79 Å². The fraction of sp³-hybridized carbons (Fsp3) is 0.526. The Morgan fingerprint density at radius 3 is 2.63 bits per heavy atom. The van der Waals surface area contributed by atoms with Gasteiger partial charge in [-0.2, -0.15) is 0 Å². The molecule has 2 saturated heterocycles. The first-order valence-corrected chi connectivity index (χ1v) is 11.5. The van der Waals surface area contributed by atoms with Crippen molar-refractivity contribution in [3.05, 3.63) is 21.0 Å². The number of carbonyl (C=O) groups is 3. The maximum atomic E-state index is 12.4. The molecule has 0 aliphatic carbocycles. The molecule has 0 bridgehead atoms. The van der Waals surface area contributed by atoms with Crippen LogP contribution in [0.15, 0.2) is 10.3 Å². The molecule has 1 N–H and O–H groups in total. The van der Waals surface area contributed by atoms with Gasteiger partial charge in [-0.25, -0.2) is 9.78 Å². The number of thiocarbonyl (C=S) groups is 1. The molecule has 30 heavy (non-hydrogen) atoms. The van der Waals surface area contributed by atoms with Crippen LogP contribution >= 0.6 is 35.3 Å². The lowest BCUT2D eigenvalue weighted by Gasteiger charge is -2.32. The Balaban J connectivity index is 1.60. The molecule has 1 aromatic rings. The molecule has 0 spiro atoms. The van der Waals surface area contributed by atoms with E-state index in [0.29, 0.717) is 23.7 Å². The molecular formula is C19H23N3O5S3. The van der Waals surface area contributed by atoms with Crippen molar-refractivity contribution in [2.24, 2.45) is 0 Å². The lowest BCUT2D eigenvalue weighted by atomic mass is 9.98. The Kier molecular flexibility index (Phi) is 6.83. The second kappa shape index (κ2) is 9.03. The van der Waals surface area contributed by atoms with E-state index in [0.717, 1.165) is 34.5 Å². The molecule has 3 heterocycles. The van der Waals surface area contributed by atoms with E-state index in [1.807, 2.05) is 26.2 Å². The van der Waals surface area contributed by atoms with Gasteiger partial charge in [-0.1, -0.05) is 24.0 Å². The van der Waals surface area contributed by atoms with Gasteiger partial charge in [0.05, 0.1) is 15.6 Å². The zero-order valence-corrected chi connectivity index (χ0v) is 19.4. The summed E-state index contributed by atoms with van der Waals surface area (Å²) in [6.45, 7) is 6.34. The number of aromatic nitrogens is 1. The molecule has 162 valence electrons. The smallest absolute Gasteiger partial charge is 0.410 e. The minimum Gasteiger partial charge on any atom is -0.480 e. The van der Waals surface area contributed by atoms with Crippen LogP contribution in [0.3, 0.4) is 0 Å². The van der Waals surface area contributed by atoms with Crippen LogP contribution in [0.25, 0.3) is 6.08 Å². The largest absolute Gasteiger partial charge is 0.480 e. The van der Waals surface area contributed by atoms with Gasteiger partial charge in [0.1, 0.15) is 16.5 Å². The van der Waals surface area contributed by atoms with Crippen LogP contribution in [0.5, 0.6) is 0 Å². The Morgan fingerprint density at radius 2 is 2.03 bits per heavy atom. The number of thiazole rings is 1. The summed E-state index contributed by atoms with van der Waals surface area (Å²) in [7, 11) is 0. The van der Waals surface area contributed by atoms with Gasteiger partial charge in [0.2, 0.25) is 0 Å². The minimum atomic E-state index is -1.11. The molecule has 0 aromatic carbocycles. The summed E-state index contributed by atoms with van der Waals surface area (Å²) < 4.78 is 5.66. The average Bonchev–Trinajstić information content (AvgIpc) is 3.21. The quantitative estimate of drug-likeness (QED) is 0.528. The normalized spacial score (nSPS) is 19.6. The molecule has 11 heteroatoms. The highest BCUT2D eigenvalue weighted by molar-refractivity contribution is 8.26. The average molecular weight is 470 g/mol. The molecule has 0 saturated carbocycles. The highest BCUT2D eigenvalue weighted by Gasteiger charge is 2.34. The maximum absolute atomic E-state index is 12.4. The Labute approximate surface area is 188 Å². The molecule has 2 fully saturated rings. The molecule has 2 aliphatic rings. The van der Waals surface area contributed by atoms with Crippen molar-refractivity contribution in [2.45, 2.75) is 45.1 Å². The Morgan fingerprint density at radius 1 is 1.37 bits per heavy atom. The molecule has 0 radical (unpaired) electrons. The predicted molar refractivity (Wildman–Crippen MR) is 119 cm³/mol. The number of carbonyl (C=O) groups excluding carboxylic acids is 2. The number of aliphatic carboxylic acids is 1. The number of piperidine rings is 1. The summed E-state index contributed by atoms with van der Waals surface area (Å²) in [5, 5.41) is 11.8. The first-order valence-electron chi connectivity index (χ1n) is 9.44. The van der Waals surface area contributed by atoms with Gasteiger partial charge in [0, 0.05) is 24.4 Å². The number of ether oxygens (including phenoxy) is 1.